The Morgan fingerprint density at radius 2 is 0.957 bits per heavy atom. The maximum atomic E-state index is 12.9. The molecule has 3 rings (SSSR count). The van der Waals surface area contributed by atoms with Crippen LogP contribution in [-0.2, 0) is 14.4 Å². The molecule has 0 aliphatic heterocycles. The first-order valence-corrected chi connectivity index (χ1v) is 7.69. The molecule has 3 aromatic rings. The van der Waals surface area contributed by atoms with Crippen molar-refractivity contribution in [1.82, 2.24) is 0 Å². The summed E-state index contributed by atoms with van der Waals surface area (Å²) in [6, 6.07) is 28.9. The van der Waals surface area contributed by atoms with E-state index in [1.165, 1.54) is 0 Å². The second-order valence-electron chi connectivity index (χ2n) is 5.23. The lowest BCUT2D eigenvalue weighted by molar-refractivity contribution is -0.136. The molecule has 3 aromatic carbocycles. The number of rotatable bonds is 4. The first-order chi connectivity index (χ1) is 11.3. The van der Waals surface area contributed by atoms with Gasteiger partial charge in [-0.15, -0.1) is 0 Å². The van der Waals surface area contributed by atoms with Gasteiger partial charge >= 0.3 is 5.97 Å². The van der Waals surface area contributed by atoms with E-state index in [9.17, 15) is 4.79 Å². The second kappa shape index (κ2) is 6.71. The summed E-state index contributed by atoms with van der Waals surface area (Å²) in [6.07, 6.45) is 0. The first-order valence-electron chi connectivity index (χ1n) is 7.32. The van der Waals surface area contributed by atoms with Crippen LogP contribution in [0.1, 0.15) is 16.7 Å². The van der Waals surface area contributed by atoms with E-state index in [0.29, 0.717) is 0 Å². The van der Waals surface area contributed by atoms with Gasteiger partial charge in [-0.05, 0) is 16.7 Å². The van der Waals surface area contributed by atoms with Gasteiger partial charge in [0.25, 0.3) is 0 Å². The van der Waals surface area contributed by atoms with Gasteiger partial charge in [0.2, 0.25) is 0 Å². The van der Waals surface area contributed by atoms with Crippen molar-refractivity contribution < 1.29 is 8.98 Å². The Bertz CT molecular complexity index is 674. The van der Waals surface area contributed by atoms with E-state index >= 15 is 0 Å². The number of benzene rings is 3. The van der Waals surface area contributed by atoms with Crippen LogP contribution >= 0.6 is 12.9 Å². The fourth-order valence-electron chi connectivity index (χ4n) is 2.99. The van der Waals surface area contributed by atoms with Gasteiger partial charge in [-0.1, -0.05) is 91.0 Å². The van der Waals surface area contributed by atoms with E-state index in [0.717, 1.165) is 16.7 Å². The van der Waals surface area contributed by atoms with Gasteiger partial charge < -0.3 is 4.18 Å². The van der Waals surface area contributed by atoms with Gasteiger partial charge in [-0.3, -0.25) is 0 Å². The number of hydrogen-bond acceptors (Lipinski definition) is 3. The smallest absolute Gasteiger partial charge is 0.337 e. The third-order valence-electron chi connectivity index (χ3n) is 4.01. The van der Waals surface area contributed by atoms with Crippen LogP contribution < -0.4 is 0 Å². The molecule has 0 unspecified atom stereocenters. The lowest BCUT2D eigenvalue weighted by Crippen LogP contribution is -2.38. The molecule has 0 radical (unpaired) electrons. The minimum absolute atomic E-state index is 0.426. The zero-order valence-corrected chi connectivity index (χ0v) is 13.3. The molecule has 0 saturated carbocycles. The highest BCUT2D eigenvalue weighted by atomic mass is 32.1. The molecule has 0 N–H and O–H groups in total. The molecular weight excluding hydrogens is 304 g/mol. The van der Waals surface area contributed by atoms with Crippen molar-refractivity contribution in [2.75, 3.05) is 0 Å². The maximum absolute atomic E-state index is 12.9. The lowest BCUT2D eigenvalue weighted by atomic mass is 9.69. The molecule has 0 atom stereocenters. The molecule has 2 nitrogen and oxygen atoms in total. The van der Waals surface area contributed by atoms with Crippen LogP contribution in [0.4, 0.5) is 0 Å². The van der Waals surface area contributed by atoms with Gasteiger partial charge in [0.1, 0.15) is 5.41 Å². The molecule has 0 aliphatic carbocycles. The Morgan fingerprint density at radius 1 is 0.652 bits per heavy atom. The standard InChI is InChI=1S/C20H16O2S/c21-19(22-23)20(16-10-4-1-5-11-16,17-12-6-2-7-13-17)18-14-8-3-9-15-18/h1-15,23H. The first kappa shape index (κ1) is 15.4. The van der Waals surface area contributed by atoms with Crippen molar-refractivity contribution >= 4 is 18.9 Å². The quantitative estimate of drug-likeness (QED) is 0.438. The van der Waals surface area contributed by atoms with Crippen LogP contribution in [0.15, 0.2) is 91.0 Å². The molecule has 0 amide bonds. The Balaban J connectivity index is 2.38. The van der Waals surface area contributed by atoms with Crippen LogP contribution in [0.5, 0.6) is 0 Å². The average Bonchev–Trinajstić information content (AvgIpc) is 2.65. The van der Waals surface area contributed by atoms with E-state index in [1.807, 2.05) is 91.0 Å². The van der Waals surface area contributed by atoms with E-state index in [-0.39, 0.29) is 0 Å². The van der Waals surface area contributed by atoms with Gasteiger partial charge in [0.05, 0.1) is 0 Å². The number of hydrogen-bond donors (Lipinski definition) is 1. The Morgan fingerprint density at radius 3 is 1.22 bits per heavy atom. The van der Waals surface area contributed by atoms with E-state index in [4.69, 9.17) is 4.18 Å². The number of thiol groups is 1. The van der Waals surface area contributed by atoms with E-state index in [1.54, 1.807) is 0 Å². The molecule has 0 aliphatic rings. The predicted molar refractivity (Wildman–Crippen MR) is 94.3 cm³/mol. The zero-order chi connectivity index (χ0) is 16.1. The number of carbonyl (C=O) groups is 1. The molecule has 0 spiro atoms. The summed E-state index contributed by atoms with van der Waals surface area (Å²) in [5, 5.41) is 0. The largest absolute Gasteiger partial charge is 0.393 e. The Hall–Kier alpha value is -2.52. The van der Waals surface area contributed by atoms with Crippen molar-refractivity contribution in [3.8, 4) is 0 Å². The lowest BCUT2D eigenvalue weighted by Gasteiger charge is -2.32. The minimum Gasteiger partial charge on any atom is -0.393 e. The third-order valence-corrected chi connectivity index (χ3v) is 4.18. The van der Waals surface area contributed by atoms with Crippen LogP contribution in [0.25, 0.3) is 0 Å². The summed E-state index contributed by atoms with van der Waals surface area (Å²) in [7, 11) is 0. The normalized spacial score (nSPS) is 11.0. The summed E-state index contributed by atoms with van der Waals surface area (Å²) >= 11 is 3.81. The van der Waals surface area contributed by atoms with Crippen molar-refractivity contribution in [3.05, 3.63) is 108 Å². The van der Waals surface area contributed by atoms with E-state index in [2.05, 4.69) is 12.9 Å². The zero-order valence-electron chi connectivity index (χ0n) is 12.4. The Labute approximate surface area is 141 Å². The van der Waals surface area contributed by atoms with E-state index < -0.39 is 11.4 Å². The van der Waals surface area contributed by atoms with Crippen molar-refractivity contribution in [2.24, 2.45) is 0 Å². The molecular formula is C20H16O2S. The molecule has 0 aromatic heterocycles. The summed E-state index contributed by atoms with van der Waals surface area (Å²) in [5.74, 6) is -0.426. The van der Waals surface area contributed by atoms with Crippen LogP contribution in [0.3, 0.4) is 0 Å². The topological polar surface area (TPSA) is 26.3 Å². The molecule has 23 heavy (non-hydrogen) atoms. The highest BCUT2D eigenvalue weighted by molar-refractivity contribution is 7.75. The molecule has 0 bridgehead atoms. The molecule has 0 heterocycles. The fraction of sp³-hybridized carbons (Fsp3) is 0.0500. The molecule has 114 valence electrons. The highest BCUT2D eigenvalue weighted by Crippen LogP contribution is 2.40. The van der Waals surface area contributed by atoms with Crippen LogP contribution in [0.2, 0.25) is 0 Å². The Kier molecular flexibility index (Phi) is 4.49. The molecule has 3 heteroatoms. The highest BCUT2D eigenvalue weighted by Gasteiger charge is 2.45. The van der Waals surface area contributed by atoms with Crippen molar-refractivity contribution in [2.45, 2.75) is 5.41 Å². The summed E-state index contributed by atoms with van der Waals surface area (Å²) < 4.78 is 4.93. The van der Waals surface area contributed by atoms with Crippen LogP contribution in [-0.4, -0.2) is 5.97 Å². The van der Waals surface area contributed by atoms with Crippen molar-refractivity contribution in [1.29, 1.82) is 0 Å². The van der Waals surface area contributed by atoms with Gasteiger partial charge in [0, 0.05) is 12.9 Å². The average molecular weight is 320 g/mol. The van der Waals surface area contributed by atoms with Crippen LogP contribution in [0, 0.1) is 0 Å². The molecule has 0 saturated heterocycles. The maximum Gasteiger partial charge on any atom is 0.337 e. The van der Waals surface area contributed by atoms with Gasteiger partial charge in [0.15, 0.2) is 0 Å². The fourth-order valence-corrected chi connectivity index (χ4v) is 3.12. The van der Waals surface area contributed by atoms with Crippen molar-refractivity contribution in [3.63, 3.8) is 0 Å². The van der Waals surface area contributed by atoms with Gasteiger partial charge in [-0.25, -0.2) is 4.79 Å². The summed E-state index contributed by atoms with van der Waals surface area (Å²) in [6.45, 7) is 0. The SMILES string of the molecule is O=C(OS)C(c1ccccc1)(c1ccccc1)c1ccccc1. The summed E-state index contributed by atoms with van der Waals surface area (Å²) in [5.41, 5.74) is 1.48. The summed E-state index contributed by atoms with van der Waals surface area (Å²) in [4.78, 5) is 12.9. The predicted octanol–water partition coefficient (Wildman–Crippen LogP) is 4.41. The minimum atomic E-state index is -1.05. The monoisotopic (exact) mass is 320 g/mol. The number of carbonyl (C=O) groups excluding carboxylic acids is 1. The third kappa shape index (κ3) is 2.64. The van der Waals surface area contributed by atoms with Gasteiger partial charge in [-0.2, -0.15) is 0 Å². The second-order valence-corrected chi connectivity index (χ2v) is 5.41. The molecule has 0 fully saturated rings.